The summed E-state index contributed by atoms with van der Waals surface area (Å²) in [5.74, 6) is 0. The minimum absolute atomic E-state index is 0.178. The van der Waals surface area contributed by atoms with Crippen molar-refractivity contribution in [3.8, 4) is 0 Å². The van der Waals surface area contributed by atoms with Crippen molar-refractivity contribution in [3.05, 3.63) is 22.9 Å². The number of hydrogen-bond donors (Lipinski definition) is 1. The zero-order valence-corrected chi connectivity index (χ0v) is 11.2. The van der Waals surface area contributed by atoms with Gasteiger partial charge in [-0.3, -0.25) is 0 Å². The van der Waals surface area contributed by atoms with Crippen molar-refractivity contribution in [2.45, 2.75) is 25.3 Å². The zero-order chi connectivity index (χ0) is 14.3. The highest BCUT2D eigenvalue weighted by Gasteiger charge is 2.50. The first kappa shape index (κ1) is 14.4. The van der Waals surface area contributed by atoms with Crippen LogP contribution in [0.1, 0.15) is 19.8 Å². The molecule has 8 heteroatoms. The van der Waals surface area contributed by atoms with Gasteiger partial charge in [0.25, 0.3) is 0 Å². The maximum absolute atomic E-state index is 12.6. The van der Waals surface area contributed by atoms with E-state index in [1.807, 2.05) is 13.0 Å². The van der Waals surface area contributed by atoms with Gasteiger partial charge in [-0.05, 0) is 25.3 Å². The maximum atomic E-state index is 12.6. The Morgan fingerprint density at radius 2 is 2.05 bits per heavy atom. The molecule has 2 rings (SSSR count). The van der Waals surface area contributed by atoms with Crippen molar-refractivity contribution in [1.82, 2.24) is 9.62 Å². The van der Waals surface area contributed by atoms with Gasteiger partial charge in [0, 0.05) is 25.3 Å². The van der Waals surface area contributed by atoms with E-state index in [9.17, 15) is 21.6 Å². The lowest BCUT2D eigenvalue weighted by Crippen LogP contribution is -2.42. The third-order valence-corrected chi connectivity index (χ3v) is 4.93. The molecule has 0 aromatic rings. The van der Waals surface area contributed by atoms with E-state index in [2.05, 4.69) is 5.32 Å². The molecular weight excluding hydrogens is 281 g/mol. The average molecular weight is 296 g/mol. The summed E-state index contributed by atoms with van der Waals surface area (Å²) in [6.07, 6.45) is 3.48. The van der Waals surface area contributed by atoms with Crippen molar-refractivity contribution in [2.24, 2.45) is 0 Å². The monoisotopic (exact) mass is 296 g/mol. The van der Waals surface area contributed by atoms with E-state index < -0.39 is 15.5 Å². The predicted octanol–water partition coefficient (Wildman–Crippen LogP) is 1.74. The first-order valence-electron chi connectivity index (χ1n) is 5.93. The standard InChI is InChI=1S/C11H15F3N2O2S/c1-8-3-2-4-10-9(8)7-16(6-5-15-10)19(17,18)11(12,13)14/h4,15H,2-3,5-7H2,1H3. The quantitative estimate of drug-likeness (QED) is 0.802. The summed E-state index contributed by atoms with van der Waals surface area (Å²) in [7, 11) is -5.26. The number of nitrogens with one attached hydrogen (secondary N) is 1. The molecule has 1 heterocycles. The Kier molecular flexibility index (Phi) is 3.65. The Morgan fingerprint density at radius 1 is 1.37 bits per heavy atom. The van der Waals surface area contributed by atoms with Crippen LogP contribution >= 0.6 is 0 Å². The van der Waals surface area contributed by atoms with E-state index in [1.165, 1.54) is 0 Å². The topological polar surface area (TPSA) is 49.4 Å². The van der Waals surface area contributed by atoms with Crippen LogP contribution in [-0.2, 0) is 10.0 Å². The molecule has 0 saturated carbocycles. The third-order valence-electron chi connectivity index (χ3n) is 3.35. The molecule has 0 aromatic heterocycles. The minimum Gasteiger partial charge on any atom is -0.384 e. The molecule has 108 valence electrons. The summed E-state index contributed by atoms with van der Waals surface area (Å²) >= 11 is 0. The summed E-state index contributed by atoms with van der Waals surface area (Å²) in [6, 6.07) is 0. The summed E-state index contributed by atoms with van der Waals surface area (Å²) < 4.78 is 61.2. The van der Waals surface area contributed by atoms with Crippen LogP contribution in [0.15, 0.2) is 22.9 Å². The first-order chi connectivity index (χ1) is 8.73. The second-order valence-corrected chi connectivity index (χ2v) is 6.56. The van der Waals surface area contributed by atoms with Crippen LogP contribution in [0.2, 0.25) is 0 Å². The Morgan fingerprint density at radius 3 is 2.68 bits per heavy atom. The van der Waals surface area contributed by atoms with Crippen molar-refractivity contribution in [2.75, 3.05) is 19.6 Å². The molecule has 1 N–H and O–H groups in total. The normalized spacial score (nSPS) is 22.4. The van der Waals surface area contributed by atoms with E-state index in [1.54, 1.807) is 0 Å². The van der Waals surface area contributed by atoms with E-state index in [-0.39, 0.29) is 19.6 Å². The predicted molar refractivity (Wildman–Crippen MR) is 64.6 cm³/mol. The molecule has 0 aromatic carbocycles. The molecule has 0 unspecified atom stereocenters. The van der Waals surface area contributed by atoms with E-state index in [0.717, 1.165) is 24.1 Å². The summed E-state index contributed by atoms with van der Waals surface area (Å²) in [5, 5.41) is 3.00. The van der Waals surface area contributed by atoms with Crippen LogP contribution in [0.5, 0.6) is 0 Å². The highest BCUT2D eigenvalue weighted by atomic mass is 32.2. The highest BCUT2D eigenvalue weighted by Crippen LogP contribution is 2.31. The van der Waals surface area contributed by atoms with E-state index >= 15 is 0 Å². The fraction of sp³-hybridized carbons (Fsp3) is 0.636. The lowest BCUT2D eigenvalue weighted by Gasteiger charge is -2.23. The molecule has 2 aliphatic rings. The van der Waals surface area contributed by atoms with Crippen LogP contribution in [0.25, 0.3) is 0 Å². The molecular formula is C11H15F3N2O2S. The molecule has 0 spiro atoms. The fourth-order valence-corrected chi connectivity index (χ4v) is 3.18. The van der Waals surface area contributed by atoms with Gasteiger partial charge >= 0.3 is 15.5 Å². The number of alkyl halides is 3. The molecule has 0 atom stereocenters. The molecule has 0 amide bonds. The van der Waals surface area contributed by atoms with Crippen molar-refractivity contribution >= 4 is 10.0 Å². The van der Waals surface area contributed by atoms with Gasteiger partial charge in [-0.1, -0.05) is 11.6 Å². The summed E-state index contributed by atoms with van der Waals surface area (Å²) in [5.41, 5.74) is -2.88. The Hall–Kier alpha value is -1.02. The number of sulfonamides is 1. The number of halogens is 3. The average Bonchev–Trinajstić information content (AvgIpc) is 2.51. The third kappa shape index (κ3) is 2.64. The molecule has 1 aliphatic heterocycles. The summed E-state index contributed by atoms with van der Waals surface area (Å²) in [4.78, 5) is 0. The van der Waals surface area contributed by atoms with Crippen LogP contribution in [0, 0.1) is 0 Å². The highest BCUT2D eigenvalue weighted by molar-refractivity contribution is 7.90. The largest absolute Gasteiger partial charge is 0.511 e. The number of nitrogens with zero attached hydrogens (tertiary/aromatic N) is 1. The van der Waals surface area contributed by atoms with Gasteiger partial charge in [-0.15, -0.1) is 0 Å². The number of allylic oxidation sites excluding steroid dienone is 2. The molecule has 1 saturated heterocycles. The van der Waals surface area contributed by atoms with Crippen LogP contribution < -0.4 is 5.32 Å². The lowest BCUT2D eigenvalue weighted by molar-refractivity contribution is -0.0485. The zero-order valence-electron chi connectivity index (χ0n) is 10.4. The second-order valence-electron chi connectivity index (χ2n) is 4.63. The SMILES string of the molecule is CC1=C2CN(S(=O)(=O)C(F)(F)F)CCNC2=CCC1. The van der Waals surface area contributed by atoms with Crippen molar-refractivity contribution in [3.63, 3.8) is 0 Å². The summed E-state index contributed by atoms with van der Waals surface area (Å²) in [6.45, 7) is 1.61. The number of fused-ring (bicyclic) bond motifs is 1. The Labute approximate surface area is 110 Å². The lowest BCUT2D eigenvalue weighted by atomic mass is 9.96. The van der Waals surface area contributed by atoms with Crippen LogP contribution in [-0.4, -0.2) is 37.9 Å². The van der Waals surface area contributed by atoms with Gasteiger partial charge in [0.15, 0.2) is 0 Å². The van der Waals surface area contributed by atoms with E-state index in [0.29, 0.717) is 9.88 Å². The number of hydrogen-bond acceptors (Lipinski definition) is 3. The Balaban J connectivity index is 2.34. The second kappa shape index (κ2) is 4.82. The van der Waals surface area contributed by atoms with Crippen molar-refractivity contribution < 1.29 is 21.6 Å². The molecule has 0 bridgehead atoms. The van der Waals surface area contributed by atoms with Gasteiger partial charge in [-0.25, -0.2) is 8.42 Å². The molecule has 1 fully saturated rings. The van der Waals surface area contributed by atoms with Gasteiger partial charge in [0.05, 0.1) is 0 Å². The molecule has 1 aliphatic carbocycles. The number of rotatable bonds is 1. The molecule has 19 heavy (non-hydrogen) atoms. The fourth-order valence-electron chi connectivity index (χ4n) is 2.26. The minimum atomic E-state index is -5.26. The van der Waals surface area contributed by atoms with Crippen LogP contribution in [0.3, 0.4) is 0 Å². The van der Waals surface area contributed by atoms with E-state index in [4.69, 9.17) is 0 Å². The van der Waals surface area contributed by atoms with Gasteiger partial charge in [-0.2, -0.15) is 17.5 Å². The first-order valence-corrected chi connectivity index (χ1v) is 7.37. The smallest absolute Gasteiger partial charge is 0.384 e. The Bertz CT molecular complexity index is 535. The molecule has 0 radical (unpaired) electrons. The van der Waals surface area contributed by atoms with Gasteiger partial charge in [0.1, 0.15) is 0 Å². The maximum Gasteiger partial charge on any atom is 0.511 e. The van der Waals surface area contributed by atoms with Crippen LogP contribution in [0.4, 0.5) is 13.2 Å². The van der Waals surface area contributed by atoms with Gasteiger partial charge in [0.2, 0.25) is 0 Å². The molecule has 4 nitrogen and oxygen atoms in total. The van der Waals surface area contributed by atoms with Crippen molar-refractivity contribution in [1.29, 1.82) is 0 Å². The van der Waals surface area contributed by atoms with Gasteiger partial charge < -0.3 is 5.32 Å².